The molecule has 3 aromatic heterocycles. The molecule has 0 aliphatic heterocycles. The van der Waals surface area contributed by atoms with E-state index in [1.165, 1.54) is 15.8 Å². The highest BCUT2D eigenvalue weighted by molar-refractivity contribution is 5.83. The summed E-state index contributed by atoms with van der Waals surface area (Å²) in [6.45, 7) is 17.3. The van der Waals surface area contributed by atoms with Crippen LogP contribution < -0.4 is 20.3 Å². The van der Waals surface area contributed by atoms with Gasteiger partial charge in [-0.25, -0.2) is 0 Å². The number of fused-ring (bicyclic) bond motifs is 2. The van der Waals surface area contributed by atoms with E-state index in [0.29, 0.717) is 30.3 Å². The van der Waals surface area contributed by atoms with E-state index in [1.54, 1.807) is 16.6 Å². The number of hydrogen-bond donors (Lipinski definition) is 2. The molecule has 5 aromatic rings. The molecule has 0 spiro atoms. The first-order valence-corrected chi connectivity index (χ1v) is 15.6. The number of rotatable bonds is 14. The van der Waals surface area contributed by atoms with Gasteiger partial charge >= 0.3 is 0 Å². The highest BCUT2D eigenvalue weighted by atomic mass is 16.5. The lowest BCUT2D eigenvalue weighted by molar-refractivity contribution is 0.263. The molecule has 2 aromatic carbocycles. The lowest BCUT2D eigenvalue weighted by atomic mass is 9.76. The van der Waals surface area contributed by atoms with Crippen LogP contribution in [-0.4, -0.2) is 49.5 Å². The average Bonchev–Trinajstić information content (AvgIpc) is 3.61. The van der Waals surface area contributed by atoms with E-state index < -0.39 is 0 Å². The Kier molecular flexibility index (Phi) is 9.10. The summed E-state index contributed by atoms with van der Waals surface area (Å²) >= 11 is 0. The molecule has 0 bridgehead atoms. The van der Waals surface area contributed by atoms with Gasteiger partial charge in [0.05, 0.1) is 17.7 Å². The zero-order valence-corrected chi connectivity index (χ0v) is 27.0. The van der Waals surface area contributed by atoms with Crippen molar-refractivity contribution in [1.82, 2.24) is 34.9 Å². The van der Waals surface area contributed by atoms with Gasteiger partial charge in [0.15, 0.2) is 5.65 Å². The van der Waals surface area contributed by atoms with E-state index >= 15 is 0 Å². The molecule has 5 rings (SSSR count). The number of H-pyrrole nitrogens is 1. The summed E-state index contributed by atoms with van der Waals surface area (Å²) in [6.07, 6.45) is 4.02. The predicted octanol–water partition coefficient (Wildman–Crippen LogP) is 6.23. The van der Waals surface area contributed by atoms with Crippen LogP contribution in [0.5, 0.6) is 11.6 Å². The molecule has 0 radical (unpaired) electrons. The third-order valence-electron chi connectivity index (χ3n) is 8.93. The third kappa shape index (κ3) is 6.36. The van der Waals surface area contributed by atoms with Crippen molar-refractivity contribution in [3.8, 4) is 17.6 Å². The van der Waals surface area contributed by atoms with Gasteiger partial charge in [-0.1, -0.05) is 71.9 Å². The second-order valence-corrected chi connectivity index (χ2v) is 12.7. The van der Waals surface area contributed by atoms with Crippen molar-refractivity contribution in [2.45, 2.75) is 85.0 Å². The lowest BCUT2D eigenvalue weighted by Crippen LogP contribution is -2.24. The van der Waals surface area contributed by atoms with Gasteiger partial charge in [-0.3, -0.25) is 15.2 Å². The molecule has 0 unspecified atom stereocenters. The molecule has 10 nitrogen and oxygen atoms in total. The third-order valence-corrected chi connectivity index (χ3v) is 8.93. The number of nitrogens with zero attached hydrogens (tertiary/aromatic N) is 5. The topological polar surface area (TPSA) is 111 Å². The summed E-state index contributed by atoms with van der Waals surface area (Å²) in [5.74, 6) is 1.78. The maximum atomic E-state index is 13.1. The number of unbranched alkanes of at least 4 members (excludes halogenated alkanes) is 1. The number of nitrogens with one attached hydrogen (secondary N) is 2. The molecule has 0 saturated heterocycles. The van der Waals surface area contributed by atoms with Gasteiger partial charge in [-0.2, -0.15) is 14.3 Å². The van der Waals surface area contributed by atoms with Crippen LogP contribution in [0.25, 0.3) is 22.4 Å². The summed E-state index contributed by atoms with van der Waals surface area (Å²) in [4.78, 5) is 13.1. The summed E-state index contributed by atoms with van der Waals surface area (Å²) in [7, 11) is 0. The van der Waals surface area contributed by atoms with Crippen LogP contribution in [0.3, 0.4) is 0 Å². The minimum absolute atomic E-state index is 0.0468. The molecule has 44 heavy (non-hydrogen) atoms. The van der Waals surface area contributed by atoms with Gasteiger partial charge in [0.2, 0.25) is 5.88 Å². The van der Waals surface area contributed by atoms with Gasteiger partial charge in [0.25, 0.3) is 11.5 Å². The Morgan fingerprint density at radius 2 is 1.66 bits per heavy atom. The molecule has 0 aliphatic carbocycles. The molecule has 0 aliphatic rings. The Morgan fingerprint density at radius 1 is 0.909 bits per heavy atom. The zero-order chi connectivity index (χ0) is 31.5. The van der Waals surface area contributed by atoms with E-state index in [9.17, 15) is 4.79 Å². The van der Waals surface area contributed by atoms with E-state index in [-0.39, 0.29) is 22.3 Å². The van der Waals surface area contributed by atoms with E-state index in [4.69, 9.17) is 9.47 Å². The van der Waals surface area contributed by atoms with Crippen molar-refractivity contribution in [2.24, 2.45) is 0 Å². The minimum atomic E-state index is -0.258. The van der Waals surface area contributed by atoms with Crippen LogP contribution in [0.4, 0.5) is 0 Å². The summed E-state index contributed by atoms with van der Waals surface area (Å²) < 4.78 is 15.0. The highest BCUT2D eigenvalue weighted by Gasteiger charge is 2.26. The largest absolute Gasteiger partial charge is 0.493 e. The van der Waals surface area contributed by atoms with Crippen molar-refractivity contribution in [2.75, 3.05) is 19.9 Å². The molecule has 0 saturated carbocycles. The summed E-state index contributed by atoms with van der Waals surface area (Å²) in [6, 6.07) is 15.9. The number of benzene rings is 2. The van der Waals surface area contributed by atoms with Gasteiger partial charge in [-0.05, 0) is 67.7 Å². The SMILES string of the molecule is CCC(C)(C)c1ccc(OCCCCNCOc2cc3nnc(-n4nc(C)c5ccccc5c4=O)n3[nH]2)c(C(C)(C)CC)c1. The molecule has 3 heterocycles. The van der Waals surface area contributed by atoms with Crippen molar-refractivity contribution in [1.29, 1.82) is 0 Å². The maximum Gasteiger partial charge on any atom is 0.282 e. The van der Waals surface area contributed by atoms with Gasteiger partial charge < -0.3 is 9.47 Å². The lowest BCUT2D eigenvalue weighted by Gasteiger charge is -2.30. The molecule has 0 fully saturated rings. The second kappa shape index (κ2) is 12.8. The van der Waals surface area contributed by atoms with Crippen molar-refractivity contribution >= 4 is 16.4 Å². The van der Waals surface area contributed by atoms with Crippen molar-refractivity contribution in [3.63, 3.8) is 0 Å². The number of hydrogen-bond acceptors (Lipinski definition) is 7. The fourth-order valence-corrected chi connectivity index (χ4v) is 5.18. The Morgan fingerprint density at radius 3 is 2.41 bits per heavy atom. The first kappa shape index (κ1) is 31.3. The quantitative estimate of drug-likeness (QED) is 0.115. The maximum absolute atomic E-state index is 13.1. The number of aromatic amines is 1. The number of aromatic nitrogens is 6. The van der Waals surface area contributed by atoms with Gasteiger partial charge in [-0.15, -0.1) is 10.2 Å². The average molecular weight is 600 g/mol. The fourth-order valence-electron chi connectivity index (χ4n) is 5.18. The molecule has 234 valence electrons. The first-order chi connectivity index (χ1) is 21.1. The molecule has 10 heteroatoms. The zero-order valence-electron chi connectivity index (χ0n) is 27.0. The molecule has 0 atom stereocenters. The summed E-state index contributed by atoms with van der Waals surface area (Å²) in [5, 5.41) is 20.7. The van der Waals surface area contributed by atoms with Crippen LogP contribution in [0, 0.1) is 6.92 Å². The Labute approximate surface area is 258 Å². The predicted molar refractivity (Wildman–Crippen MR) is 174 cm³/mol. The number of aryl methyl sites for hydroxylation is 1. The molecular weight excluding hydrogens is 554 g/mol. The normalized spacial score (nSPS) is 12.3. The number of ether oxygens (including phenoxy) is 2. The summed E-state index contributed by atoms with van der Waals surface area (Å²) in [5.41, 5.74) is 3.85. The van der Waals surface area contributed by atoms with Crippen LogP contribution >= 0.6 is 0 Å². The van der Waals surface area contributed by atoms with Crippen molar-refractivity contribution in [3.05, 3.63) is 75.7 Å². The Bertz CT molecular complexity index is 1800. The molecule has 2 N–H and O–H groups in total. The first-order valence-electron chi connectivity index (χ1n) is 15.6. The smallest absolute Gasteiger partial charge is 0.282 e. The Balaban J connectivity index is 1.12. The fraction of sp³-hybridized carbons (Fsp3) is 0.471. The van der Waals surface area contributed by atoms with Crippen LogP contribution in [0.15, 0.2) is 53.3 Å². The minimum Gasteiger partial charge on any atom is -0.493 e. The van der Waals surface area contributed by atoms with Gasteiger partial charge in [0.1, 0.15) is 12.5 Å². The van der Waals surface area contributed by atoms with E-state index in [1.807, 2.05) is 25.1 Å². The molecule has 0 amide bonds. The monoisotopic (exact) mass is 599 g/mol. The van der Waals surface area contributed by atoms with Crippen LogP contribution in [-0.2, 0) is 10.8 Å². The van der Waals surface area contributed by atoms with E-state index in [0.717, 1.165) is 49.1 Å². The highest BCUT2D eigenvalue weighted by Crippen LogP contribution is 2.38. The Hall–Kier alpha value is -4.18. The van der Waals surface area contributed by atoms with E-state index in [2.05, 4.69) is 85.5 Å². The molecular formula is C34H45N7O3. The van der Waals surface area contributed by atoms with Gasteiger partial charge in [0, 0.05) is 17.0 Å². The van der Waals surface area contributed by atoms with Crippen LogP contribution in [0.2, 0.25) is 0 Å². The second-order valence-electron chi connectivity index (χ2n) is 12.7. The van der Waals surface area contributed by atoms with Crippen molar-refractivity contribution < 1.29 is 9.47 Å². The standard InChI is InChI=1S/C34H45N7O3/c1-8-33(4,5)24-16-17-28(27(20-24)34(6,7)9-2)43-19-13-12-18-35-22-44-30-21-29-36-37-32(40(29)39-30)41-31(42)26-15-11-10-14-25(26)23(3)38-41/h10-11,14-17,20-21,35,39H,8-9,12-13,18-19,22H2,1-7H3. The van der Waals surface area contributed by atoms with Crippen LogP contribution in [0.1, 0.15) is 84.0 Å².